The number of esters is 2. The van der Waals surface area contributed by atoms with Crippen molar-refractivity contribution in [3.8, 4) is 0 Å². The molecule has 1 aliphatic carbocycles. The van der Waals surface area contributed by atoms with Crippen LogP contribution in [0.3, 0.4) is 0 Å². The van der Waals surface area contributed by atoms with Crippen molar-refractivity contribution in [3.63, 3.8) is 0 Å². The van der Waals surface area contributed by atoms with Crippen LogP contribution in [0.4, 0.5) is 0 Å². The first kappa shape index (κ1) is 91.9. The van der Waals surface area contributed by atoms with Crippen LogP contribution in [0, 0.1) is 41.4 Å². The lowest BCUT2D eigenvalue weighted by Crippen LogP contribution is -2.65. The fraction of sp³-hybridized carbons (Fsp3) is 0.805. The number of carbonyl (C=O) groups is 5. The summed E-state index contributed by atoms with van der Waals surface area (Å²) in [5, 5.41) is 159. The van der Waals surface area contributed by atoms with Crippen LogP contribution >= 0.6 is 0 Å². The van der Waals surface area contributed by atoms with E-state index in [2.05, 4.69) is 4.18 Å². The maximum Gasteiger partial charge on any atom is 0.397 e. The molecule has 0 spiro atoms. The number of hydrogen-bond acceptors (Lipinski definition) is 30. The zero-order chi connectivity index (χ0) is 81.2. The highest BCUT2D eigenvalue weighted by Crippen LogP contribution is 2.43. The quantitative estimate of drug-likeness (QED) is 0.0605. The Labute approximate surface area is 638 Å². The standard InChI is InChI=1S/C77H122O31S/c1-13-58(102-63-35-76(12,95)74(45(11)101-63)105-62-27-25-59(44(10)100-62)103-75(94)42(8)68(91)46-22-24-53-54(29-46)57(85)28-38(4)64(53)87)39(5)66(89)40(6)67(90)41(7)69-43(9)70-71(106-70)55(83)19-15-18-48(79)30-50(81)31-51(82)32-52-34-60(108-109(97,98)99)72(92)77(96,107-52)73(93)65(88)37(3)20-23-47(78)16-14-17-49(80)33-56(84)36(2)21-26-61(86)104-69/h21-22,24,26,28-29,36-37,39-45,47-52,55-56,58-60,62-63,65-72,74,78-84,88-92,95-96H,13-20,23,25,27,30-35H2,1-12H3,(H,97,98,99)/t36-,37+,39-,40+,41-,42+,43+,44+,45-,47+,48+,49+,50+,51-,52-,55+,56+,58-,59-,60-,62-,63-,65-,66-,67-,68-,69+,70-,71+,72+,74+,76+,77-/m0/s1. The minimum atomic E-state index is -5.33. The SMILES string of the molecule is CC[C@H](O[C@H]1C[C@@](C)(O)[C@H](O[C@H]2CC[C@H](OC(=O)[C@H](C)[C@H](O)c3ccc4c(c3)C(=O)C=C(C)C4=O)[C@@H](C)O2)[C@H](C)O1)[C@H](C)[C@H](O)[C@@H](C)[C@H](O)[C@H](C)[C@H]1OC(=O)C=C[C@H](C)[C@H](O)C[C@H](O)CCC[C@@H](O)CC[C@@H](C)[C@H](O)C(=O)[C@@]2(O)O[C@@H](C[C@@H](O)C[C@H](O)C[C@H](O)CCC[C@@H](O)[C@H]3O[C@H]3[C@@H]1C)C[C@H](OS(=O)(=O)O)[C@H]2O. The molecule has 0 unspecified atom stereocenters. The van der Waals surface area contributed by atoms with Gasteiger partial charge in [0.15, 0.2) is 24.1 Å². The summed E-state index contributed by atoms with van der Waals surface area (Å²) in [5.74, 6) is -13.1. The third kappa shape index (κ3) is 24.6. The molecule has 109 heavy (non-hydrogen) atoms. The van der Waals surface area contributed by atoms with Gasteiger partial charge in [0.25, 0.3) is 5.79 Å². The van der Waals surface area contributed by atoms with Gasteiger partial charge in [0, 0.05) is 71.6 Å². The van der Waals surface area contributed by atoms with Gasteiger partial charge in [0.2, 0.25) is 5.78 Å². The largest absolute Gasteiger partial charge is 0.459 e. The maximum absolute atomic E-state index is 13.9. The average Bonchev–Trinajstić information content (AvgIpc) is 1.04. The second-order valence-electron chi connectivity index (χ2n) is 32.2. The van der Waals surface area contributed by atoms with E-state index in [0.29, 0.717) is 18.4 Å². The van der Waals surface area contributed by atoms with Crippen molar-refractivity contribution in [3.05, 3.63) is 58.7 Å². The van der Waals surface area contributed by atoms with Gasteiger partial charge in [-0.05, 0) is 154 Å². The van der Waals surface area contributed by atoms with E-state index in [1.165, 1.54) is 44.2 Å². The van der Waals surface area contributed by atoms with Crippen LogP contribution in [-0.2, 0) is 66.9 Å². The number of Topliss-reactive ketones (excluding diaryl/α,β-unsaturated/α-hetero) is 2. The number of hydrogen-bond donors (Lipinski definition) is 15. The fourth-order valence-electron chi connectivity index (χ4n) is 16.0. The molecule has 0 amide bonds. The molecule has 6 aliphatic rings. The number of benzene rings is 1. The van der Waals surface area contributed by atoms with E-state index in [4.69, 9.17) is 37.9 Å². The molecule has 15 N–H and O–H groups in total. The summed E-state index contributed by atoms with van der Waals surface area (Å²) in [4.78, 5) is 66.5. The molecule has 31 nitrogen and oxygen atoms in total. The summed E-state index contributed by atoms with van der Waals surface area (Å²) < 4.78 is 86.8. The Morgan fingerprint density at radius 2 is 1.30 bits per heavy atom. The normalized spacial score (nSPS) is 39.6. The van der Waals surface area contributed by atoms with Crippen molar-refractivity contribution >= 4 is 39.7 Å². The van der Waals surface area contributed by atoms with Crippen LogP contribution in [0.5, 0.6) is 0 Å². The summed E-state index contributed by atoms with van der Waals surface area (Å²) >= 11 is 0. The maximum atomic E-state index is 13.9. The summed E-state index contributed by atoms with van der Waals surface area (Å²) in [5.41, 5.74) is -0.625. The Hall–Kier alpha value is -4.28. The van der Waals surface area contributed by atoms with Crippen LogP contribution in [-0.4, -0.2) is 266 Å². The predicted molar refractivity (Wildman–Crippen MR) is 386 cm³/mol. The topological polar surface area (TPSA) is 509 Å². The van der Waals surface area contributed by atoms with Crippen molar-refractivity contribution in [1.29, 1.82) is 0 Å². The number of carbonyl (C=O) groups excluding carboxylic acids is 5. The van der Waals surface area contributed by atoms with Gasteiger partial charge in [-0.15, -0.1) is 0 Å². The number of allylic oxidation sites excluding steroid dienone is 2. The highest BCUT2D eigenvalue weighted by atomic mass is 32.3. The lowest BCUT2D eigenvalue weighted by Gasteiger charge is -2.47. The molecule has 5 aliphatic heterocycles. The number of fused-ring (bicyclic) bond motifs is 4. The number of epoxide rings is 1. The minimum absolute atomic E-state index is 0.00269. The van der Waals surface area contributed by atoms with E-state index in [1.54, 1.807) is 62.3 Å². The van der Waals surface area contributed by atoms with E-state index in [9.17, 15) is 108 Å². The number of cyclic esters (lactones) is 1. The summed E-state index contributed by atoms with van der Waals surface area (Å²) in [6, 6.07) is 4.38. The molecule has 7 rings (SSSR count). The molecule has 0 radical (unpaired) electrons. The van der Waals surface area contributed by atoms with Gasteiger partial charge in [-0.3, -0.25) is 23.7 Å². The molecule has 1 aromatic carbocycles. The number of ether oxygens (including phenoxy) is 8. The van der Waals surface area contributed by atoms with E-state index < -0.39 is 247 Å². The van der Waals surface area contributed by atoms with E-state index in [-0.39, 0.29) is 105 Å². The van der Waals surface area contributed by atoms with E-state index >= 15 is 0 Å². The lowest BCUT2D eigenvalue weighted by atomic mass is 9.77. The number of aliphatic hydroxyl groups is 14. The first-order valence-electron chi connectivity index (χ1n) is 38.6. The lowest BCUT2D eigenvalue weighted by molar-refractivity contribution is -0.330. The number of aliphatic hydroxyl groups excluding tert-OH is 12. The van der Waals surface area contributed by atoms with Gasteiger partial charge in [-0.2, -0.15) is 8.42 Å². The Balaban J connectivity index is 0.959. The number of rotatable bonds is 17. The molecule has 32 heteroatoms. The van der Waals surface area contributed by atoms with Crippen LogP contribution in [0.15, 0.2) is 42.0 Å². The molecule has 2 bridgehead atoms. The predicted octanol–water partition coefficient (Wildman–Crippen LogP) is 3.14. The van der Waals surface area contributed by atoms with Gasteiger partial charge in [0.05, 0.1) is 103 Å². The van der Waals surface area contributed by atoms with Gasteiger partial charge in [-0.1, -0.05) is 60.6 Å². The highest BCUT2D eigenvalue weighted by molar-refractivity contribution is 7.80. The Morgan fingerprint density at radius 1 is 0.679 bits per heavy atom. The Morgan fingerprint density at radius 3 is 1.94 bits per heavy atom. The van der Waals surface area contributed by atoms with Gasteiger partial charge in [0.1, 0.15) is 42.7 Å². The zero-order valence-electron chi connectivity index (χ0n) is 64.5. The van der Waals surface area contributed by atoms with Gasteiger partial charge in [-0.25, -0.2) is 8.98 Å². The van der Waals surface area contributed by atoms with Crippen molar-refractivity contribution in [2.24, 2.45) is 41.4 Å². The summed E-state index contributed by atoms with van der Waals surface area (Å²) in [6.07, 6.45) is -25.4. The van der Waals surface area contributed by atoms with E-state index in [0.717, 1.165) is 6.08 Å². The third-order valence-electron chi connectivity index (χ3n) is 23.1. The molecule has 1 aromatic rings. The molecule has 33 atom stereocenters. The molecule has 4 saturated heterocycles. The minimum Gasteiger partial charge on any atom is -0.459 e. The van der Waals surface area contributed by atoms with Crippen molar-refractivity contribution in [1.82, 2.24) is 0 Å². The second kappa shape index (κ2) is 39.8. The molecule has 4 fully saturated rings. The Bertz CT molecular complexity index is 3330. The highest BCUT2D eigenvalue weighted by Gasteiger charge is 2.58. The fourth-order valence-corrected chi connectivity index (χ4v) is 16.5. The summed E-state index contributed by atoms with van der Waals surface area (Å²) in [6.45, 7) is 19.6. The van der Waals surface area contributed by atoms with Crippen LogP contribution < -0.4 is 0 Å². The zero-order valence-corrected chi connectivity index (χ0v) is 65.3. The average molecular weight is 1580 g/mol. The molecular formula is C77H122O31S. The van der Waals surface area contributed by atoms with E-state index in [1.807, 2.05) is 6.92 Å². The van der Waals surface area contributed by atoms with Crippen molar-refractivity contribution < 1.29 is 151 Å². The Kier molecular flexibility index (Phi) is 33.6. The smallest absolute Gasteiger partial charge is 0.397 e. The van der Waals surface area contributed by atoms with Crippen molar-refractivity contribution in [2.75, 3.05) is 0 Å². The first-order valence-corrected chi connectivity index (χ1v) is 40.0. The van der Waals surface area contributed by atoms with Crippen molar-refractivity contribution in [2.45, 2.75) is 350 Å². The molecule has 0 saturated carbocycles. The van der Waals surface area contributed by atoms with Crippen LogP contribution in [0.25, 0.3) is 0 Å². The molecule has 622 valence electrons. The van der Waals surface area contributed by atoms with Gasteiger partial charge < -0.3 is 109 Å². The molecular weight excluding hydrogens is 1450 g/mol. The van der Waals surface area contributed by atoms with Crippen LogP contribution in [0.1, 0.15) is 225 Å². The second-order valence-corrected chi connectivity index (χ2v) is 33.3. The number of ketones is 3. The van der Waals surface area contributed by atoms with Crippen LogP contribution in [0.2, 0.25) is 0 Å². The summed E-state index contributed by atoms with van der Waals surface area (Å²) in [7, 11) is -5.33. The first-order chi connectivity index (χ1) is 50.9. The molecule has 5 heterocycles. The monoisotopic (exact) mass is 1570 g/mol. The molecule has 0 aromatic heterocycles. The van der Waals surface area contributed by atoms with Gasteiger partial charge >= 0.3 is 22.3 Å². The third-order valence-corrected chi connectivity index (χ3v) is 23.6.